The van der Waals surface area contributed by atoms with E-state index in [9.17, 15) is 14.0 Å². The van der Waals surface area contributed by atoms with Crippen molar-refractivity contribution in [3.63, 3.8) is 0 Å². The zero-order chi connectivity index (χ0) is 20.9. The maximum absolute atomic E-state index is 14.1. The summed E-state index contributed by atoms with van der Waals surface area (Å²) in [6.07, 6.45) is 6.49. The first-order valence-corrected chi connectivity index (χ1v) is 10.2. The molecule has 0 bridgehead atoms. The molecular formula is C23H24FN3O3. The van der Waals surface area contributed by atoms with Gasteiger partial charge in [-0.3, -0.25) is 14.6 Å². The number of rotatable bonds is 5. The minimum atomic E-state index is -0.424. The summed E-state index contributed by atoms with van der Waals surface area (Å²) < 4.78 is 20.0. The van der Waals surface area contributed by atoms with Gasteiger partial charge in [-0.15, -0.1) is 0 Å². The van der Waals surface area contributed by atoms with Crippen molar-refractivity contribution in [1.82, 2.24) is 15.2 Å². The Morgan fingerprint density at radius 2 is 2.00 bits per heavy atom. The number of amides is 2. The van der Waals surface area contributed by atoms with Gasteiger partial charge in [-0.25, -0.2) is 4.39 Å². The molecule has 2 atom stereocenters. The van der Waals surface area contributed by atoms with E-state index in [0.717, 1.165) is 31.4 Å². The summed E-state index contributed by atoms with van der Waals surface area (Å²) in [5.74, 6) is -0.979. The lowest BCUT2D eigenvalue weighted by Crippen LogP contribution is -2.57. The topological polar surface area (TPSA) is 71.5 Å². The summed E-state index contributed by atoms with van der Waals surface area (Å²) in [5, 5.41) is 2.82. The summed E-state index contributed by atoms with van der Waals surface area (Å²) in [5.41, 5.74) is 1.03. The second kappa shape index (κ2) is 9.07. The number of halogens is 1. The largest absolute Gasteiger partial charge is 0.482 e. The summed E-state index contributed by atoms with van der Waals surface area (Å²) >= 11 is 0. The third-order valence-electron chi connectivity index (χ3n) is 5.52. The predicted molar refractivity (Wildman–Crippen MR) is 109 cm³/mol. The molecule has 156 valence electrons. The fraction of sp³-hybridized carbons (Fsp3) is 0.348. The molecule has 1 N–H and O–H groups in total. The number of ether oxygens (including phenoxy) is 1. The van der Waals surface area contributed by atoms with Crippen molar-refractivity contribution in [2.45, 2.75) is 44.4 Å². The highest BCUT2D eigenvalue weighted by molar-refractivity contribution is 5.98. The van der Waals surface area contributed by atoms with Gasteiger partial charge in [0.2, 0.25) is 5.91 Å². The Morgan fingerprint density at radius 3 is 2.80 bits per heavy atom. The van der Waals surface area contributed by atoms with Crippen LogP contribution in [0.3, 0.4) is 0 Å². The van der Waals surface area contributed by atoms with E-state index in [4.69, 9.17) is 4.74 Å². The molecule has 6 nitrogen and oxygen atoms in total. The van der Waals surface area contributed by atoms with Crippen molar-refractivity contribution in [2.24, 2.45) is 0 Å². The van der Waals surface area contributed by atoms with Gasteiger partial charge in [0, 0.05) is 11.8 Å². The van der Waals surface area contributed by atoms with Crippen LogP contribution in [-0.2, 0) is 20.9 Å². The van der Waals surface area contributed by atoms with Gasteiger partial charge < -0.3 is 15.0 Å². The first-order chi connectivity index (χ1) is 14.6. The molecule has 1 saturated heterocycles. The van der Waals surface area contributed by atoms with Crippen LogP contribution < -0.4 is 5.32 Å². The van der Waals surface area contributed by atoms with Crippen LogP contribution in [0.1, 0.15) is 36.9 Å². The molecule has 2 aliphatic rings. The number of carbonyl (C=O) groups excluding carboxylic acids is 2. The minimum Gasteiger partial charge on any atom is -0.482 e. The van der Waals surface area contributed by atoms with Crippen molar-refractivity contribution < 1.29 is 18.7 Å². The Kier molecular flexibility index (Phi) is 6.07. The molecule has 2 fully saturated rings. The number of morpholine rings is 1. The van der Waals surface area contributed by atoms with Crippen LogP contribution in [0.4, 0.5) is 4.39 Å². The summed E-state index contributed by atoms with van der Waals surface area (Å²) in [6.45, 7) is 0.231. The molecule has 1 aliphatic heterocycles. The van der Waals surface area contributed by atoms with Gasteiger partial charge in [-0.2, -0.15) is 0 Å². The van der Waals surface area contributed by atoms with Crippen molar-refractivity contribution in [3.8, 4) is 0 Å². The number of hydrogen-bond donors (Lipinski definition) is 1. The first kappa shape index (κ1) is 20.1. The standard InChI is InChI=1S/C23H24FN3O3/c24-18-9-2-1-7-16(18)13-21-23(29)27(19-10-3-4-11-20(19)30-21)15-22(28)26-14-17-8-5-6-12-25-17/h1-2,5-9,12-13,19-20H,3-4,10-11,14-15H2,(H,26,28)/b21-13-. The fourth-order valence-corrected chi connectivity index (χ4v) is 4.00. The quantitative estimate of drug-likeness (QED) is 0.771. The van der Waals surface area contributed by atoms with E-state index in [0.29, 0.717) is 6.54 Å². The SMILES string of the molecule is O=C(CN1C(=O)/C(=C/c2ccccc2F)OC2CCCCC21)NCc1ccccn1. The molecule has 2 aromatic rings. The van der Waals surface area contributed by atoms with Crippen LogP contribution in [-0.4, -0.2) is 40.4 Å². The summed E-state index contributed by atoms with van der Waals surface area (Å²) in [6, 6.07) is 11.6. The minimum absolute atomic E-state index is 0.0647. The zero-order valence-electron chi connectivity index (χ0n) is 16.6. The van der Waals surface area contributed by atoms with Crippen LogP contribution in [0.25, 0.3) is 6.08 Å². The molecule has 1 aromatic carbocycles. The maximum atomic E-state index is 14.1. The van der Waals surface area contributed by atoms with Gasteiger partial charge in [-0.1, -0.05) is 30.7 Å². The Morgan fingerprint density at radius 1 is 1.20 bits per heavy atom. The van der Waals surface area contributed by atoms with Crippen LogP contribution in [0, 0.1) is 5.82 Å². The second-order valence-electron chi connectivity index (χ2n) is 7.57. The van der Waals surface area contributed by atoms with Gasteiger partial charge in [0.25, 0.3) is 5.91 Å². The molecule has 7 heteroatoms. The van der Waals surface area contributed by atoms with Gasteiger partial charge >= 0.3 is 0 Å². The normalized spacial score (nSPS) is 22.4. The van der Waals surface area contributed by atoms with Gasteiger partial charge in [-0.05, 0) is 43.5 Å². The predicted octanol–water partition coefficient (Wildman–Crippen LogP) is 3.05. The highest BCUT2D eigenvalue weighted by Gasteiger charge is 2.42. The average molecular weight is 409 g/mol. The van der Waals surface area contributed by atoms with E-state index in [1.54, 1.807) is 29.3 Å². The van der Waals surface area contributed by atoms with E-state index in [1.165, 1.54) is 12.1 Å². The number of hydrogen-bond acceptors (Lipinski definition) is 4. The Bertz CT molecular complexity index is 948. The number of fused-ring (bicyclic) bond motifs is 1. The molecular weight excluding hydrogens is 385 g/mol. The number of aromatic nitrogens is 1. The number of nitrogens with one attached hydrogen (secondary N) is 1. The average Bonchev–Trinajstić information content (AvgIpc) is 2.77. The lowest BCUT2D eigenvalue weighted by Gasteiger charge is -2.44. The van der Waals surface area contributed by atoms with E-state index in [1.807, 2.05) is 18.2 Å². The highest BCUT2D eigenvalue weighted by Crippen LogP contribution is 2.33. The third kappa shape index (κ3) is 4.50. The first-order valence-electron chi connectivity index (χ1n) is 10.2. The zero-order valence-corrected chi connectivity index (χ0v) is 16.6. The molecule has 2 unspecified atom stereocenters. The molecule has 30 heavy (non-hydrogen) atoms. The van der Waals surface area contributed by atoms with E-state index >= 15 is 0 Å². The lowest BCUT2D eigenvalue weighted by atomic mass is 9.89. The van der Waals surface area contributed by atoms with Gasteiger partial charge in [0.05, 0.1) is 18.3 Å². The molecule has 4 rings (SSSR count). The number of nitrogens with zero attached hydrogens (tertiary/aromatic N) is 2. The number of pyridine rings is 1. The summed E-state index contributed by atoms with van der Waals surface area (Å²) in [7, 11) is 0. The van der Waals surface area contributed by atoms with Crippen molar-refractivity contribution >= 4 is 17.9 Å². The maximum Gasteiger partial charge on any atom is 0.289 e. The van der Waals surface area contributed by atoms with Crippen LogP contribution >= 0.6 is 0 Å². The summed E-state index contributed by atoms with van der Waals surface area (Å²) in [4.78, 5) is 31.5. The molecule has 0 radical (unpaired) electrons. The molecule has 2 amide bonds. The van der Waals surface area contributed by atoms with Gasteiger partial charge in [0.1, 0.15) is 18.5 Å². The monoisotopic (exact) mass is 409 g/mol. The molecule has 1 saturated carbocycles. The van der Waals surface area contributed by atoms with Crippen LogP contribution in [0.15, 0.2) is 54.4 Å². The van der Waals surface area contributed by atoms with Crippen molar-refractivity contribution in [3.05, 3.63) is 71.5 Å². The Hall–Kier alpha value is -3.22. The molecule has 1 aromatic heterocycles. The lowest BCUT2D eigenvalue weighted by molar-refractivity contribution is -0.151. The van der Waals surface area contributed by atoms with E-state index < -0.39 is 5.82 Å². The van der Waals surface area contributed by atoms with E-state index in [-0.39, 0.29) is 41.8 Å². The van der Waals surface area contributed by atoms with Gasteiger partial charge in [0.15, 0.2) is 5.76 Å². The van der Waals surface area contributed by atoms with Crippen LogP contribution in [0.2, 0.25) is 0 Å². The molecule has 1 aliphatic carbocycles. The second-order valence-corrected chi connectivity index (χ2v) is 7.57. The number of carbonyl (C=O) groups is 2. The Balaban J connectivity index is 1.51. The van der Waals surface area contributed by atoms with Crippen LogP contribution in [0.5, 0.6) is 0 Å². The van der Waals surface area contributed by atoms with Crippen molar-refractivity contribution in [1.29, 1.82) is 0 Å². The molecule has 0 spiro atoms. The third-order valence-corrected chi connectivity index (χ3v) is 5.52. The van der Waals surface area contributed by atoms with Crippen molar-refractivity contribution in [2.75, 3.05) is 6.54 Å². The Labute approximate surface area is 174 Å². The fourth-order valence-electron chi connectivity index (χ4n) is 4.00. The molecule has 2 heterocycles. The highest BCUT2D eigenvalue weighted by atomic mass is 19.1. The number of benzene rings is 1. The van der Waals surface area contributed by atoms with E-state index in [2.05, 4.69) is 10.3 Å². The smallest absolute Gasteiger partial charge is 0.289 e.